The van der Waals surface area contributed by atoms with Crippen LogP contribution < -0.4 is 21.7 Å². The number of amides is 4. The zero-order chi connectivity index (χ0) is 38.2. The summed E-state index contributed by atoms with van der Waals surface area (Å²) in [4.78, 5) is 105. The van der Waals surface area contributed by atoms with Crippen LogP contribution in [0.1, 0.15) is 61.5 Å². The number of benzene rings is 1. The fourth-order valence-corrected chi connectivity index (χ4v) is 5.91. The van der Waals surface area contributed by atoms with E-state index in [9.17, 15) is 38.7 Å². The van der Waals surface area contributed by atoms with E-state index < -0.39 is 42.7 Å². The lowest BCUT2D eigenvalue weighted by Crippen LogP contribution is -2.41. The lowest BCUT2D eigenvalue weighted by molar-refractivity contribution is -0.158. The highest BCUT2D eigenvalue weighted by Gasteiger charge is 2.32. The first-order chi connectivity index (χ1) is 25.3. The Balaban J connectivity index is 1.24. The van der Waals surface area contributed by atoms with Crippen molar-refractivity contribution in [3.8, 4) is 0 Å². The highest BCUT2D eigenvalue weighted by atomic mass is 16.7. The van der Waals surface area contributed by atoms with Gasteiger partial charge in [-0.3, -0.25) is 29.0 Å². The van der Waals surface area contributed by atoms with E-state index in [-0.39, 0.29) is 89.3 Å². The maximum absolute atomic E-state index is 13.5. The molecule has 2 aromatic heterocycles. The van der Waals surface area contributed by atoms with Gasteiger partial charge in [0.25, 0.3) is 17.7 Å². The molecular weight excluding hydrogens is 694 g/mol. The minimum Gasteiger partial charge on any atom is -0.480 e. The molecule has 0 spiro atoms. The molecule has 1 aromatic carbocycles. The number of imide groups is 1. The van der Waals surface area contributed by atoms with E-state index in [0.717, 1.165) is 4.90 Å². The van der Waals surface area contributed by atoms with Crippen LogP contribution in [-0.4, -0.2) is 90.9 Å². The van der Waals surface area contributed by atoms with Gasteiger partial charge in [0.2, 0.25) is 12.7 Å². The summed E-state index contributed by atoms with van der Waals surface area (Å²) in [6.07, 6.45) is 4.87. The number of ketones is 1. The number of carboxylic acids is 1. The Labute approximate surface area is 301 Å². The van der Waals surface area contributed by atoms with Crippen LogP contribution in [0, 0.1) is 11.8 Å². The first-order valence-corrected chi connectivity index (χ1v) is 16.6. The molecule has 1 aliphatic carbocycles. The zero-order valence-corrected chi connectivity index (χ0v) is 28.6. The van der Waals surface area contributed by atoms with Crippen LogP contribution in [0.25, 0.3) is 11.2 Å². The molecule has 19 nitrogen and oxygen atoms in total. The molecule has 1 saturated carbocycles. The molecule has 0 saturated heterocycles. The molecule has 3 aromatic rings. The lowest BCUT2D eigenvalue weighted by atomic mass is 9.82. The minimum absolute atomic E-state index is 0.0319. The number of carbonyl (C=O) groups is 7. The van der Waals surface area contributed by atoms with Gasteiger partial charge in [-0.2, -0.15) is 9.97 Å². The number of aliphatic carboxylic acids is 1. The van der Waals surface area contributed by atoms with Crippen molar-refractivity contribution in [1.82, 2.24) is 30.2 Å². The molecule has 0 bridgehead atoms. The number of anilines is 3. The molecule has 19 heteroatoms. The van der Waals surface area contributed by atoms with Crippen LogP contribution in [0.2, 0.25) is 0 Å². The van der Waals surface area contributed by atoms with E-state index in [1.807, 2.05) is 0 Å². The summed E-state index contributed by atoms with van der Waals surface area (Å²) in [5.41, 5.74) is 12.4. The van der Waals surface area contributed by atoms with Crippen LogP contribution in [0.5, 0.6) is 0 Å². The molecule has 6 N–H and O–H groups in total. The summed E-state index contributed by atoms with van der Waals surface area (Å²) < 4.78 is 10.6. The topological polar surface area (TPSA) is 280 Å². The van der Waals surface area contributed by atoms with Crippen molar-refractivity contribution in [3.05, 3.63) is 53.9 Å². The number of Topliss-reactive ketones (excluding diaryl/α,β-unsaturated/α-hetero) is 1. The van der Waals surface area contributed by atoms with Gasteiger partial charge < -0.3 is 36.2 Å². The maximum Gasteiger partial charge on any atom is 0.417 e. The second-order valence-electron chi connectivity index (χ2n) is 12.6. The Morgan fingerprint density at radius 1 is 0.981 bits per heavy atom. The Bertz CT molecular complexity index is 1940. The van der Waals surface area contributed by atoms with Crippen molar-refractivity contribution in [2.24, 2.45) is 11.8 Å². The number of nitrogens with zero attached hydrogens (tertiary/aromatic N) is 6. The van der Waals surface area contributed by atoms with Gasteiger partial charge in [-0.1, -0.05) is 0 Å². The van der Waals surface area contributed by atoms with Crippen molar-refractivity contribution in [2.75, 3.05) is 29.7 Å². The summed E-state index contributed by atoms with van der Waals surface area (Å²) in [5, 5.41) is 11.9. The first kappa shape index (κ1) is 37.7. The highest BCUT2D eigenvalue weighted by Crippen LogP contribution is 2.31. The van der Waals surface area contributed by atoms with Crippen molar-refractivity contribution in [2.45, 2.75) is 58.0 Å². The smallest absolute Gasteiger partial charge is 0.417 e. The second kappa shape index (κ2) is 16.7. The number of aromatic nitrogens is 4. The third-order valence-corrected chi connectivity index (χ3v) is 8.78. The number of hydrogen-bond acceptors (Lipinski definition) is 15. The monoisotopic (exact) mass is 731 g/mol. The van der Waals surface area contributed by atoms with Gasteiger partial charge in [-0.15, -0.1) is 0 Å². The van der Waals surface area contributed by atoms with Crippen molar-refractivity contribution in [1.29, 1.82) is 0 Å². The largest absolute Gasteiger partial charge is 0.480 e. The van der Waals surface area contributed by atoms with Gasteiger partial charge in [0.1, 0.15) is 11.8 Å². The number of rotatable bonds is 14. The minimum atomic E-state index is -1.30. The Morgan fingerprint density at radius 3 is 2.30 bits per heavy atom. The molecule has 4 amide bonds. The molecule has 1 atom stereocenters. The van der Waals surface area contributed by atoms with E-state index in [2.05, 4.69) is 25.3 Å². The van der Waals surface area contributed by atoms with Gasteiger partial charge in [0.05, 0.1) is 24.4 Å². The van der Waals surface area contributed by atoms with Crippen LogP contribution in [0.15, 0.2) is 42.6 Å². The predicted octanol–water partition coefficient (Wildman–Crippen LogP) is 1.51. The van der Waals surface area contributed by atoms with Crippen LogP contribution >= 0.6 is 0 Å². The van der Waals surface area contributed by atoms with Gasteiger partial charge >= 0.3 is 18.0 Å². The number of carbonyl (C=O) groups excluding carboxylic acids is 6. The number of nitrogens with two attached hydrogens (primary N) is 2. The van der Waals surface area contributed by atoms with Crippen LogP contribution in [0.3, 0.4) is 0 Å². The van der Waals surface area contributed by atoms with E-state index in [1.54, 1.807) is 0 Å². The summed E-state index contributed by atoms with van der Waals surface area (Å²) in [7, 11) is 0. The number of nitrogen functional groups attached to an aromatic ring is 2. The van der Waals surface area contributed by atoms with E-state index in [1.165, 1.54) is 54.4 Å². The normalized spacial score (nSPS) is 17.3. The van der Waals surface area contributed by atoms with Crippen LogP contribution in [0.4, 0.5) is 22.2 Å². The number of nitrogens with one attached hydrogen (secondary N) is 1. The van der Waals surface area contributed by atoms with Gasteiger partial charge in [0, 0.05) is 36.4 Å². The highest BCUT2D eigenvalue weighted by molar-refractivity contribution is 6.12. The molecular formula is C34H37N9O10. The number of esters is 1. The third-order valence-electron chi connectivity index (χ3n) is 8.78. The fraction of sp³-hybridized carbons (Fsp3) is 0.382. The SMILES string of the molecule is CC(=O)CC[C@H](NC(=O)c1ccc(N(Cc2cnc3nc(N)nc(N)c3n2)C(=O)OCOC(=O)C2CCC(CN3C(=O)C=CC3=O)CC2)cc1)C(=O)O. The molecule has 0 radical (unpaired) electrons. The van der Waals surface area contributed by atoms with Crippen molar-refractivity contribution < 1.29 is 48.1 Å². The van der Waals surface area contributed by atoms with Gasteiger partial charge in [-0.05, 0) is 69.2 Å². The molecule has 53 heavy (non-hydrogen) atoms. The van der Waals surface area contributed by atoms with E-state index in [0.29, 0.717) is 25.7 Å². The van der Waals surface area contributed by atoms with Crippen molar-refractivity contribution in [3.63, 3.8) is 0 Å². The van der Waals surface area contributed by atoms with E-state index in [4.69, 9.17) is 20.9 Å². The quantitative estimate of drug-likeness (QED) is 0.104. The summed E-state index contributed by atoms with van der Waals surface area (Å²) in [6.45, 7) is 0.653. The predicted molar refractivity (Wildman–Crippen MR) is 184 cm³/mol. The molecule has 5 rings (SSSR count). The number of hydrogen-bond donors (Lipinski definition) is 4. The molecule has 278 valence electrons. The second-order valence-corrected chi connectivity index (χ2v) is 12.6. The lowest BCUT2D eigenvalue weighted by Gasteiger charge is -2.29. The molecule has 1 aliphatic heterocycles. The first-order valence-electron chi connectivity index (χ1n) is 16.6. The molecule has 0 unspecified atom stereocenters. The Kier molecular flexibility index (Phi) is 11.9. The third kappa shape index (κ3) is 9.63. The average Bonchev–Trinajstić information content (AvgIpc) is 3.44. The molecule has 2 aliphatic rings. The standard InChI is InChI=1S/C34H37N9O10/c1-18(44)2-11-24(31(48)49)39-30(47)20-7-9-23(10-8-20)42(16-22-14-37-29-27(38-22)28(35)40-33(36)41-29)34(51)53-17-52-32(50)21-5-3-19(4-6-21)15-43-25(45)12-13-26(43)46/h7-10,12-14,19,21,24H,2-6,11,15-17H2,1H3,(H,39,47)(H,48,49)(H4,35,36,37,40,41)/t19?,21?,24-/m0/s1. The summed E-state index contributed by atoms with van der Waals surface area (Å²) in [5.74, 6) is -4.04. The number of carboxylic acid groups (broad SMARTS) is 1. The van der Waals surface area contributed by atoms with E-state index >= 15 is 0 Å². The summed E-state index contributed by atoms with van der Waals surface area (Å²) in [6, 6.07) is 4.25. The Hall–Kier alpha value is -6.53. The van der Waals surface area contributed by atoms with Gasteiger partial charge in [0.15, 0.2) is 17.0 Å². The molecule has 1 fully saturated rings. The Morgan fingerprint density at radius 2 is 1.66 bits per heavy atom. The molecule has 3 heterocycles. The maximum atomic E-state index is 13.5. The number of ether oxygens (including phenoxy) is 2. The van der Waals surface area contributed by atoms with Gasteiger partial charge in [-0.25, -0.2) is 19.6 Å². The summed E-state index contributed by atoms with van der Waals surface area (Å²) >= 11 is 0. The average molecular weight is 732 g/mol. The van der Waals surface area contributed by atoms with Crippen LogP contribution in [-0.2, 0) is 40.0 Å². The van der Waals surface area contributed by atoms with Crippen molar-refractivity contribution >= 4 is 70.2 Å². The number of fused-ring (bicyclic) bond motifs is 1. The fourth-order valence-electron chi connectivity index (χ4n) is 5.91. The zero-order valence-electron chi connectivity index (χ0n) is 28.6.